The smallest absolute Gasteiger partial charge is 0.195 e. The van der Waals surface area contributed by atoms with Crippen molar-refractivity contribution < 1.29 is 9.59 Å². The van der Waals surface area contributed by atoms with Crippen molar-refractivity contribution in [2.75, 3.05) is 17.2 Å². The van der Waals surface area contributed by atoms with Gasteiger partial charge in [-0.3, -0.25) is 9.59 Å². The van der Waals surface area contributed by atoms with E-state index in [2.05, 4.69) is 31.9 Å². The van der Waals surface area contributed by atoms with Crippen LogP contribution in [-0.4, -0.2) is 11.6 Å². The van der Waals surface area contributed by atoms with E-state index in [4.69, 9.17) is 22.5 Å². The van der Waals surface area contributed by atoms with E-state index >= 15 is 0 Å². The Labute approximate surface area is 340 Å². The molecule has 0 fully saturated rings. The number of halogens is 2. The van der Waals surface area contributed by atoms with E-state index in [0.29, 0.717) is 39.2 Å². The third-order valence-electron chi connectivity index (χ3n) is 7.51. The molecule has 0 aliphatic carbocycles. The molecule has 0 saturated carbocycles. The Morgan fingerprint density at radius 3 is 1.31 bits per heavy atom. The average molecular weight is 855 g/mol. The van der Waals surface area contributed by atoms with Crippen LogP contribution in [0.25, 0.3) is 11.1 Å². The van der Waals surface area contributed by atoms with Gasteiger partial charge in [-0.1, -0.05) is 161 Å². The van der Waals surface area contributed by atoms with Crippen molar-refractivity contribution in [2.24, 2.45) is 0 Å². The van der Waals surface area contributed by atoms with Crippen molar-refractivity contribution in [3.8, 4) is 17.2 Å². The summed E-state index contributed by atoms with van der Waals surface area (Å²) in [6.45, 7) is 4.00. The SMILES string of the molecule is CC.N#Cc1ccccc1.Nc1ccc(-c2ccccc2)cc1C(=O)c1ccccc1.Nc1ccc(Br)cc1.Nc1ccc(Br)cc1C(=O)c1ccccc1. The zero-order valence-corrected chi connectivity index (χ0v) is 33.7. The number of anilines is 3. The van der Waals surface area contributed by atoms with Gasteiger partial charge in [0.2, 0.25) is 0 Å². The maximum absolute atomic E-state index is 12.6. The summed E-state index contributed by atoms with van der Waals surface area (Å²) in [6.07, 6.45) is 0. The zero-order chi connectivity index (χ0) is 40.0. The largest absolute Gasteiger partial charge is 0.399 e. The lowest BCUT2D eigenvalue weighted by Crippen LogP contribution is -2.05. The number of carbonyl (C=O) groups excluding carboxylic acids is 2. The highest BCUT2D eigenvalue weighted by atomic mass is 79.9. The summed E-state index contributed by atoms with van der Waals surface area (Å²) < 4.78 is 1.91. The van der Waals surface area contributed by atoms with Gasteiger partial charge in [0.15, 0.2) is 11.6 Å². The minimum Gasteiger partial charge on any atom is -0.399 e. The van der Waals surface area contributed by atoms with Crippen molar-refractivity contribution in [3.05, 3.63) is 219 Å². The predicted molar refractivity (Wildman–Crippen MR) is 236 cm³/mol. The molecule has 0 bridgehead atoms. The third-order valence-corrected chi connectivity index (χ3v) is 8.53. The highest BCUT2D eigenvalue weighted by Gasteiger charge is 2.14. The van der Waals surface area contributed by atoms with Gasteiger partial charge < -0.3 is 17.2 Å². The summed E-state index contributed by atoms with van der Waals surface area (Å²) in [5.74, 6) is -0.106. The summed E-state index contributed by atoms with van der Waals surface area (Å²) in [7, 11) is 0. The number of nitrogen functional groups attached to an aromatic ring is 3. The van der Waals surface area contributed by atoms with Crippen molar-refractivity contribution in [1.82, 2.24) is 0 Å². The third kappa shape index (κ3) is 14.2. The fraction of sp³-hybridized carbons (Fsp3) is 0.0426. The first-order chi connectivity index (χ1) is 26.7. The number of rotatable bonds is 5. The van der Waals surface area contributed by atoms with Crippen LogP contribution in [0.1, 0.15) is 51.3 Å². The molecule has 0 saturated heterocycles. The van der Waals surface area contributed by atoms with E-state index in [-0.39, 0.29) is 11.6 Å². The van der Waals surface area contributed by atoms with Crippen LogP contribution in [0.2, 0.25) is 0 Å². The molecule has 0 atom stereocenters. The molecule has 6 nitrogen and oxygen atoms in total. The molecule has 7 aromatic carbocycles. The second-order valence-electron chi connectivity index (χ2n) is 11.3. The van der Waals surface area contributed by atoms with Gasteiger partial charge in [-0.2, -0.15) is 5.26 Å². The molecule has 8 heteroatoms. The van der Waals surface area contributed by atoms with E-state index in [1.54, 1.807) is 54.6 Å². The number of nitriles is 1. The monoisotopic (exact) mass is 852 g/mol. The second kappa shape index (κ2) is 23.4. The molecule has 7 rings (SSSR count). The molecule has 0 spiro atoms. The summed E-state index contributed by atoms with van der Waals surface area (Å²) in [5.41, 5.74) is 24.1. The molecular formula is C47H42Br2N4O2. The first kappa shape index (κ1) is 43.1. The second-order valence-corrected chi connectivity index (χ2v) is 13.2. The molecule has 55 heavy (non-hydrogen) atoms. The minimum atomic E-state index is -0.0561. The molecule has 0 heterocycles. The van der Waals surface area contributed by atoms with Crippen molar-refractivity contribution >= 4 is 60.5 Å². The van der Waals surface area contributed by atoms with Gasteiger partial charge in [-0.05, 0) is 77.9 Å². The van der Waals surface area contributed by atoms with Gasteiger partial charge in [0.05, 0.1) is 11.6 Å². The van der Waals surface area contributed by atoms with Crippen LogP contribution in [0.4, 0.5) is 17.1 Å². The molecule has 0 radical (unpaired) electrons. The standard InChI is InChI=1S/C19H15NO.C13H10BrNO.C7H5N.C6H6BrN.C2H6/c20-18-12-11-16(14-7-3-1-4-8-14)13-17(18)19(21)15-9-5-2-6-10-15;14-10-6-7-12(15)11(8-10)13(16)9-4-2-1-3-5-9;8-6-7-4-2-1-3-5-7;7-5-1-3-6(8)4-2-5;1-2/h1-13H,20H2;1-8H,15H2;1-5H;1-4H,8H2;1-2H3. The molecule has 276 valence electrons. The number of nitrogens with zero attached hydrogens (tertiary/aromatic N) is 1. The van der Waals surface area contributed by atoms with Crippen LogP contribution in [0.3, 0.4) is 0 Å². The predicted octanol–water partition coefficient (Wildman–Crippen LogP) is 12.0. The van der Waals surface area contributed by atoms with Crippen LogP contribution < -0.4 is 17.2 Å². The van der Waals surface area contributed by atoms with Gasteiger partial charge in [-0.15, -0.1) is 0 Å². The van der Waals surface area contributed by atoms with Crippen LogP contribution >= 0.6 is 31.9 Å². The topological polar surface area (TPSA) is 136 Å². The van der Waals surface area contributed by atoms with E-state index in [0.717, 1.165) is 25.8 Å². The quantitative estimate of drug-likeness (QED) is 0.116. The zero-order valence-electron chi connectivity index (χ0n) is 30.6. The number of ketones is 2. The number of hydrogen-bond donors (Lipinski definition) is 3. The lowest BCUT2D eigenvalue weighted by atomic mass is 9.97. The van der Waals surface area contributed by atoms with E-state index in [1.807, 2.05) is 147 Å². The van der Waals surface area contributed by atoms with Gasteiger partial charge in [0.25, 0.3) is 0 Å². The minimum absolute atomic E-state index is 0.0501. The first-order valence-corrected chi connectivity index (χ1v) is 18.9. The van der Waals surface area contributed by atoms with Crippen LogP contribution in [-0.2, 0) is 0 Å². The summed E-state index contributed by atoms with van der Waals surface area (Å²) in [6, 6.07) is 57.8. The summed E-state index contributed by atoms with van der Waals surface area (Å²) in [4.78, 5) is 24.7. The molecule has 0 aromatic heterocycles. The number of benzene rings is 7. The molecule has 0 aliphatic rings. The van der Waals surface area contributed by atoms with Gasteiger partial charge in [0, 0.05) is 48.3 Å². The molecule has 0 unspecified atom stereocenters. The molecule has 0 amide bonds. The highest BCUT2D eigenvalue weighted by molar-refractivity contribution is 9.10. The Kier molecular flexibility index (Phi) is 18.4. The Morgan fingerprint density at radius 2 is 0.873 bits per heavy atom. The van der Waals surface area contributed by atoms with Crippen molar-refractivity contribution in [1.29, 1.82) is 5.26 Å². The Bertz CT molecular complexity index is 2240. The van der Waals surface area contributed by atoms with Gasteiger partial charge >= 0.3 is 0 Å². The Morgan fingerprint density at radius 1 is 0.473 bits per heavy atom. The van der Waals surface area contributed by atoms with E-state index in [9.17, 15) is 9.59 Å². The molecule has 6 N–H and O–H groups in total. The molecule has 0 aliphatic heterocycles. The Balaban J connectivity index is 0.000000210. The maximum atomic E-state index is 12.6. The van der Waals surface area contributed by atoms with Gasteiger partial charge in [0.1, 0.15) is 0 Å². The number of hydrogen-bond acceptors (Lipinski definition) is 6. The summed E-state index contributed by atoms with van der Waals surface area (Å²) >= 11 is 6.62. The number of nitrogens with two attached hydrogens (primary N) is 3. The van der Waals surface area contributed by atoms with Crippen LogP contribution in [0.15, 0.2) is 191 Å². The van der Waals surface area contributed by atoms with Crippen molar-refractivity contribution in [2.45, 2.75) is 13.8 Å². The molecule has 7 aromatic rings. The van der Waals surface area contributed by atoms with Gasteiger partial charge in [-0.25, -0.2) is 0 Å². The normalized spacial score (nSPS) is 9.44. The average Bonchev–Trinajstić information content (AvgIpc) is 3.25. The van der Waals surface area contributed by atoms with E-state index < -0.39 is 0 Å². The highest BCUT2D eigenvalue weighted by Crippen LogP contribution is 2.26. The maximum Gasteiger partial charge on any atom is 0.195 e. The molecular weight excluding hydrogens is 812 g/mol. The summed E-state index contributed by atoms with van der Waals surface area (Å²) in [5, 5.41) is 8.29. The first-order valence-electron chi connectivity index (χ1n) is 17.3. The lowest BCUT2D eigenvalue weighted by molar-refractivity contribution is 0.103. The lowest BCUT2D eigenvalue weighted by Gasteiger charge is -2.08. The fourth-order valence-electron chi connectivity index (χ4n) is 4.75. The van der Waals surface area contributed by atoms with Crippen LogP contribution in [0.5, 0.6) is 0 Å². The fourth-order valence-corrected chi connectivity index (χ4v) is 5.38. The van der Waals surface area contributed by atoms with Crippen LogP contribution in [0, 0.1) is 11.3 Å². The van der Waals surface area contributed by atoms with E-state index in [1.165, 1.54) is 0 Å². The van der Waals surface area contributed by atoms with Crippen molar-refractivity contribution in [3.63, 3.8) is 0 Å². The Hall–Kier alpha value is -6.27. The number of carbonyl (C=O) groups is 2.